The lowest BCUT2D eigenvalue weighted by molar-refractivity contribution is 0.198. The van der Waals surface area contributed by atoms with Gasteiger partial charge in [0.15, 0.2) is 0 Å². The molecule has 1 saturated carbocycles. The Bertz CT molecular complexity index is 336. The monoisotopic (exact) mass is 231 g/mol. The van der Waals surface area contributed by atoms with Crippen LogP contribution < -0.4 is 0 Å². The third-order valence-corrected chi connectivity index (χ3v) is 6.20. The summed E-state index contributed by atoms with van der Waals surface area (Å²) in [5.41, 5.74) is 0. The standard InChI is InChI=1S/C10H17NO3S/c12-15(13,8-5-6-14-7-8)11-9-3-1-2-4-10(9)11/h8-10H,1-7H2/t8-,9+,10+/m1/s1. The molecule has 86 valence electrons. The van der Waals surface area contributed by atoms with E-state index in [1.54, 1.807) is 4.31 Å². The minimum Gasteiger partial charge on any atom is -0.380 e. The van der Waals surface area contributed by atoms with Crippen molar-refractivity contribution in [3.05, 3.63) is 0 Å². The van der Waals surface area contributed by atoms with Crippen LogP contribution in [0.15, 0.2) is 0 Å². The van der Waals surface area contributed by atoms with Crippen molar-refractivity contribution in [1.82, 2.24) is 4.31 Å². The molecule has 3 atom stereocenters. The van der Waals surface area contributed by atoms with Gasteiger partial charge in [-0.3, -0.25) is 0 Å². The highest BCUT2D eigenvalue weighted by Gasteiger charge is 2.57. The van der Waals surface area contributed by atoms with Gasteiger partial charge in [0.25, 0.3) is 0 Å². The third-order valence-electron chi connectivity index (χ3n) is 3.86. The first kappa shape index (κ1) is 10.1. The Morgan fingerprint density at radius 3 is 2.27 bits per heavy atom. The minimum atomic E-state index is -3.04. The maximum atomic E-state index is 12.2. The van der Waals surface area contributed by atoms with Crippen molar-refractivity contribution < 1.29 is 13.2 Å². The number of sulfonamides is 1. The van der Waals surface area contributed by atoms with Gasteiger partial charge in [0.1, 0.15) is 5.25 Å². The van der Waals surface area contributed by atoms with Gasteiger partial charge < -0.3 is 4.74 Å². The normalized spacial score (nSPS) is 45.1. The number of fused-ring (bicyclic) bond motifs is 1. The summed E-state index contributed by atoms with van der Waals surface area (Å²) in [5, 5.41) is -0.261. The number of rotatable bonds is 2. The predicted molar refractivity (Wildman–Crippen MR) is 56.0 cm³/mol. The summed E-state index contributed by atoms with van der Waals surface area (Å²) in [5.74, 6) is 0. The van der Waals surface area contributed by atoms with Gasteiger partial charge in [-0.2, -0.15) is 4.31 Å². The van der Waals surface area contributed by atoms with Crippen molar-refractivity contribution in [3.63, 3.8) is 0 Å². The van der Waals surface area contributed by atoms with E-state index in [1.807, 2.05) is 0 Å². The number of nitrogens with zero attached hydrogens (tertiary/aromatic N) is 1. The molecule has 0 aromatic heterocycles. The summed E-state index contributed by atoms with van der Waals surface area (Å²) in [4.78, 5) is 0. The molecule has 2 aliphatic heterocycles. The van der Waals surface area contributed by atoms with Crippen molar-refractivity contribution in [1.29, 1.82) is 0 Å². The van der Waals surface area contributed by atoms with Crippen LogP contribution in [0.5, 0.6) is 0 Å². The highest BCUT2D eigenvalue weighted by atomic mass is 32.2. The van der Waals surface area contributed by atoms with E-state index in [2.05, 4.69) is 0 Å². The van der Waals surface area contributed by atoms with Crippen LogP contribution in [0.25, 0.3) is 0 Å². The molecule has 2 heterocycles. The second-order valence-electron chi connectivity index (χ2n) is 4.78. The fourth-order valence-electron chi connectivity index (χ4n) is 2.95. The molecule has 3 aliphatic rings. The zero-order valence-electron chi connectivity index (χ0n) is 8.76. The molecule has 3 fully saturated rings. The first-order valence-corrected chi connectivity index (χ1v) is 7.31. The van der Waals surface area contributed by atoms with Crippen molar-refractivity contribution >= 4 is 10.0 Å². The maximum Gasteiger partial charge on any atom is 0.219 e. The van der Waals surface area contributed by atoms with Gasteiger partial charge in [-0.15, -0.1) is 0 Å². The van der Waals surface area contributed by atoms with Crippen LogP contribution in [0.3, 0.4) is 0 Å². The largest absolute Gasteiger partial charge is 0.380 e. The fourth-order valence-corrected chi connectivity index (χ4v) is 5.15. The van der Waals surface area contributed by atoms with E-state index < -0.39 is 10.0 Å². The summed E-state index contributed by atoms with van der Waals surface area (Å²) in [7, 11) is -3.04. The van der Waals surface area contributed by atoms with Crippen molar-refractivity contribution in [2.45, 2.75) is 49.4 Å². The van der Waals surface area contributed by atoms with Gasteiger partial charge >= 0.3 is 0 Å². The van der Waals surface area contributed by atoms with Gasteiger partial charge in [-0.1, -0.05) is 12.8 Å². The maximum absolute atomic E-state index is 12.2. The van der Waals surface area contributed by atoms with Crippen LogP contribution in [-0.2, 0) is 14.8 Å². The number of hydrogen-bond donors (Lipinski definition) is 0. The van der Waals surface area contributed by atoms with Crippen LogP contribution in [0.1, 0.15) is 32.1 Å². The molecule has 2 saturated heterocycles. The molecule has 0 bridgehead atoms. The molecule has 0 unspecified atom stereocenters. The van der Waals surface area contributed by atoms with Gasteiger partial charge in [0, 0.05) is 18.7 Å². The molecule has 5 heteroatoms. The lowest BCUT2D eigenvalue weighted by Crippen LogP contribution is -2.29. The molecule has 4 nitrogen and oxygen atoms in total. The van der Waals surface area contributed by atoms with Crippen molar-refractivity contribution in [3.8, 4) is 0 Å². The number of hydrogen-bond acceptors (Lipinski definition) is 3. The number of ether oxygens (including phenoxy) is 1. The minimum absolute atomic E-state index is 0.261. The summed E-state index contributed by atoms with van der Waals surface area (Å²) < 4.78 is 31.3. The highest BCUT2D eigenvalue weighted by molar-refractivity contribution is 7.90. The van der Waals surface area contributed by atoms with Gasteiger partial charge in [-0.05, 0) is 19.3 Å². The Morgan fingerprint density at radius 2 is 1.73 bits per heavy atom. The Labute approximate surface area is 90.6 Å². The van der Waals surface area contributed by atoms with Crippen molar-refractivity contribution in [2.24, 2.45) is 0 Å². The second kappa shape index (κ2) is 3.43. The molecule has 0 N–H and O–H groups in total. The SMILES string of the molecule is O=S(=O)([C@@H]1CCOC1)N1[C@H]2CCCC[C@@H]21. The van der Waals surface area contributed by atoms with E-state index >= 15 is 0 Å². The lowest BCUT2D eigenvalue weighted by atomic mass is 10.0. The van der Waals surface area contributed by atoms with Crippen LogP contribution in [0.2, 0.25) is 0 Å². The molecule has 0 aromatic carbocycles. The smallest absolute Gasteiger partial charge is 0.219 e. The molecule has 0 radical (unpaired) electrons. The quantitative estimate of drug-likeness (QED) is 0.658. The average Bonchev–Trinajstić information content (AvgIpc) is 2.71. The fraction of sp³-hybridized carbons (Fsp3) is 1.00. The molecule has 1 aliphatic carbocycles. The summed E-state index contributed by atoms with van der Waals surface area (Å²) >= 11 is 0. The molecule has 0 spiro atoms. The van der Waals surface area contributed by atoms with E-state index in [4.69, 9.17) is 4.74 Å². The van der Waals surface area contributed by atoms with Gasteiger partial charge in [0.05, 0.1) is 6.61 Å². The topological polar surface area (TPSA) is 46.4 Å². The molecule has 0 amide bonds. The van der Waals surface area contributed by atoms with E-state index in [0.29, 0.717) is 31.7 Å². The van der Waals surface area contributed by atoms with Gasteiger partial charge in [-0.25, -0.2) is 8.42 Å². The predicted octanol–water partition coefficient (Wildman–Crippen LogP) is 0.732. The van der Waals surface area contributed by atoms with E-state index in [1.165, 1.54) is 12.8 Å². The Hall–Kier alpha value is -0.130. The summed E-state index contributed by atoms with van der Waals surface area (Å²) in [6.45, 7) is 1.01. The van der Waals surface area contributed by atoms with Crippen molar-refractivity contribution in [2.75, 3.05) is 13.2 Å². The van der Waals surface area contributed by atoms with Crippen LogP contribution in [0.4, 0.5) is 0 Å². The Morgan fingerprint density at radius 1 is 1.07 bits per heavy atom. The molecular formula is C10H17NO3S. The lowest BCUT2D eigenvalue weighted by Gasteiger charge is -2.11. The zero-order chi connectivity index (χ0) is 10.5. The zero-order valence-corrected chi connectivity index (χ0v) is 9.58. The third kappa shape index (κ3) is 1.52. The van der Waals surface area contributed by atoms with E-state index in [-0.39, 0.29) is 5.25 Å². The average molecular weight is 231 g/mol. The molecule has 15 heavy (non-hydrogen) atoms. The molecular weight excluding hydrogens is 214 g/mol. The summed E-state index contributed by atoms with van der Waals surface area (Å²) in [6, 6.07) is 0.675. The molecule has 3 rings (SSSR count). The van der Waals surface area contributed by atoms with E-state index in [9.17, 15) is 8.42 Å². The second-order valence-corrected chi connectivity index (χ2v) is 6.90. The molecule has 0 aromatic rings. The van der Waals surface area contributed by atoms with Crippen LogP contribution >= 0.6 is 0 Å². The summed E-state index contributed by atoms with van der Waals surface area (Å²) in [6.07, 6.45) is 5.19. The first-order valence-electron chi connectivity index (χ1n) is 5.81. The van der Waals surface area contributed by atoms with E-state index in [0.717, 1.165) is 12.8 Å². The van der Waals surface area contributed by atoms with Crippen LogP contribution in [0, 0.1) is 0 Å². The van der Waals surface area contributed by atoms with Crippen LogP contribution in [-0.4, -0.2) is 43.3 Å². The van der Waals surface area contributed by atoms with Gasteiger partial charge in [0.2, 0.25) is 10.0 Å². The Balaban J connectivity index is 1.76. The highest BCUT2D eigenvalue weighted by Crippen LogP contribution is 2.44. The first-order chi connectivity index (χ1) is 7.21. The Kier molecular flexibility index (Phi) is 2.30.